The Balaban J connectivity index is 2.13. The predicted molar refractivity (Wildman–Crippen MR) is 71.2 cm³/mol. The molecule has 0 unspecified atom stereocenters. The standard InChI is InChI=1S/C10H19N5O2S/c1-11-10-14-13-9(18-10)8(16)12-4-6-17-7-5-15(2)3/h4-7H2,1-3H3,(H,11,14)(H,12,16). The van der Waals surface area contributed by atoms with Crippen molar-refractivity contribution in [2.24, 2.45) is 0 Å². The van der Waals surface area contributed by atoms with Crippen molar-refractivity contribution in [1.82, 2.24) is 20.4 Å². The molecule has 0 fully saturated rings. The number of carbonyl (C=O) groups excluding carboxylic acids is 1. The molecule has 102 valence electrons. The van der Waals surface area contributed by atoms with Gasteiger partial charge in [-0.15, -0.1) is 10.2 Å². The van der Waals surface area contributed by atoms with E-state index in [1.165, 1.54) is 11.3 Å². The average Bonchev–Trinajstić information content (AvgIpc) is 2.81. The number of nitrogens with one attached hydrogen (secondary N) is 2. The highest BCUT2D eigenvalue weighted by Gasteiger charge is 2.11. The third-order valence-electron chi connectivity index (χ3n) is 2.05. The van der Waals surface area contributed by atoms with E-state index < -0.39 is 0 Å². The number of anilines is 1. The molecule has 0 atom stereocenters. The molecule has 18 heavy (non-hydrogen) atoms. The van der Waals surface area contributed by atoms with Gasteiger partial charge in [0.1, 0.15) is 0 Å². The molecule has 0 aliphatic carbocycles. The van der Waals surface area contributed by atoms with Crippen LogP contribution < -0.4 is 10.6 Å². The van der Waals surface area contributed by atoms with E-state index in [0.29, 0.717) is 29.9 Å². The van der Waals surface area contributed by atoms with Gasteiger partial charge >= 0.3 is 0 Å². The zero-order valence-corrected chi connectivity index (χ0v) is 11.7. The predicted octanol–water partition coefficient (Wildman–Crippen LogP) is -0.112. The molecule has 0 aliphatic heterocycles. The van der Waals surface area contributed by atoms with Gasteiger partial charge in [-0.2, -0.15) is 0 Å². The van der Waals surface area contributed by atoms with Gasteiger partial charge in [0.25, 0.3) is 5.91 Å². The summed E-state index contributed by atoms with van der Waals surface area (Å²) in [4.78, 5) is 13.7. The zero-order chi connectivity index (χ0) is 13.4. The van der Waals surface area contributed by atoms with Gasteiger partial charge < -0.3 is 20.3 Å². The summed E-state index contributed by atoms with van der Waals surface area (Å²) >= 11 is 1.22. The van der Waals surface area contributed by atoms with Crippen LogP contribution in [-0.4, -0.2) is 68.5 Å². The maximum absolute atomic E-state index is 11.6. The fourth-order valence-corrected chi connectivity index (χ4v) is 1.69. The second-order valence-electron chi connectivity index (χ2n) is 3.83. The van der Waals surface area contributed by atoms with Crippen LogP contribution in [0, 0.1) is 0 Å². The Bertz CT molecular complexity index is 369. The maximum Gasteiger partial charge on any atom is 0.282 e. The molecule has 0 aromatic carbocycles. The molecule has 1 rings (SSSR count). The number of rotatable bonds is 8. The Morgan fingerprint density at radius 3 is 2.78 bits per heavy atom. The van der Waals surface area contributed by atoms with E-state index in [2.05, 4.69) is 20.8 Å². The minimum absolute atomic E-state index is 0.217. The van der Waals surface area contributed by atoms with Crippen molar-refractivity contribution < 1.29 is 9.53 Å². The van der Waals surface area contributed by atoms with Crippen LogP contribution in [0.25, 0.3) is 0 Å². The van der Waals surface area contributed by atoms with Crippen molar-refractivity contribution >= 4 is 22.4 Å². The Hall–Kier alpha value is -1.25. The Kier molecular flexibility index (Phi) is 6.55. The lowest BCUT2D eigenvalue weighted by molar-refractivity contribution is 0.0899. The molecule has 8 heteroatoms. The molecule has 1 aromatic heterocycles. The number of hydrogen-bond acceptors (Lipinski definition) is 7. The highest BCUT2D eigenvalue weighted by atomic mass is 32.1. The Morgan fingerprint density at radius 2 is 2.17 bits per heavy atom. The van der Waals surface area contributed by atoms with Crippen LogP contribution in [0.3, 0.4) is 0 Å². The van der Waals surface area contributed by atoms with E-state index >= 15 is 0 Å². The van der Waals surface area contributed by atoms with Crippen LogP contribution in [-0.2, 0) is 4.74 Å². The summed E-state index contributed by atoms with van der Waals surface area (Å²) in [6.45, 7) is 2.50. The van der Waals surface area contributed by atoms with Gasteiger partial charge in [0.05, 0.1) is 13.2 Å². The SMILES string of the molecule is CNc1nnc(C(=O)NCCOCCN(C)C)s1. The molecule has 0 saturated carbocycles. The zero-order valence-electron chi connectivity index (χ0n) is 10.9. The molecule has 1 aromatic rings. The van der Waals surface area contributed by atoms with Crippen LogP contribution in [0.15, 0.2) is 0 Å². The smallest absolute Gasteiger partial charge is 0.282 e. The van der Waals surface area contributed by atoms with Gasteiger partial charge in [-0.25, -0.2) is 0 Å². The van der Waals surface area contributed by atoms with Gasteiger partial charge in [-0.1, -0.05) is 11.3 Å². The summed E-state index contributed by atoms with van der Waals surface area (Å²) in [5.41, 5.74) is 0. The van der Waals surface area contributed by atoms with E-state index in [1.54, 1.807) is 7.05 Å². The average molecular weight is 273 g/mol. The van der Waals surface area contributed by atoms with Crippen LogP contribution >= 0.6 is 11.3 Å². The number of aromatic nitrogens is 2. The molecule has 0 aliphatic rings. The quantitative estimate of drug-likeness (QED) is 0.643. The lowest BCUT2D eigenvalue weighted by atomic mass is 10.5. The van der Waals surface area contributed by atoms with E-state index in [0.717, 1.165) is 6.54 Å². The normalized spacial score (nSPS) is 10.7. The third kappa shape index (κ3) is 5.39. The molecular weight excluding hydrogens is 254 g/mol. The fourth-order valence-electron chi connectivity index (χ4n) is 1.08. The maximum atomic E-state index is 11.6. The second-order valence-corrected chi connectivity index (χ2v) is 4.81. The van der Waals surface area contributed by atoms with E-state index in [4.69, 9.17) is 4.74 Å². The van der Waals surface area contributed by atoms with Gasteiger partial charge in [-0.05, 0) is 14.1 Å². The summed E-state index contributed by atoms with van der Waals surface area (Å²) in [5.74, 6) is -0.217. The van der Waals surface area contributed by atoms with Crippen LogP contribution in [0.4, 0.5) is 5.13 Å². The van der Waals surface area contributed by atoms with Gasteiger partial charge in [0.2, 0.25) is 10.1 Å². The summed E-state index contributed by atoms with van der Waals surface area (Å²) in [6, 6.07) is 0. The van der Waals surface area contributed by atoms with Crippen LogP contribution in [0.1, 0.15) is 9.80 Å². The molecule has 0 bridgehead atoms. The Labute approximate surface area is 111 Å². The topological polar surface area (TPSA) is 79.4 Å². The number of carbonyl (C=O) groups is 1. The number of hydrogen-bond donors (Lipinski definition) is 2. The number of nitrogens with zero attached hydrogens (tertiary/aromatic N) is 3. The van der Waals surface area contributed by atoms with Crippen molar-refractivity contribution in [1.29, 1.82) is 0 Å². The summed E-state index contributed by atoms with van der Waals surface area (Å²) in [5, 5.41) is 14.1. The molecule has 1 amide bonds. The fraction of sp³-hybridized carbons (Fsp3) is 0.700. The molecule has 0 spiro atoms. The van der Waals surface area contributed by atoms with Crippen LogP contribution in [0.5, 0.6) is 0 Å². The van der Waals surface area contributed by atoms with Crippen molar-refractivity contribution in [2.75, 3.05) is 52.8 Å². The molecule has 2 N–H and O–H groups in total. The van der Waals surface area contributed by atoms with Crippen molar-refractivity contribution in [2.45, 2.75) is 0 Å². The lowest BCUT2D eigenvalue weighted by Crippen LogP contribution is -2.28. The van der Waals surface area contributed by atoms with Crippen LogP contribution in [0.2, 0.25) is 0 Å². The summed E-state index contributed by atoms with van der Waals surface area (Å²) in [6.07, 6.45) is 0. The van der Waals surface area contributed by atoms with E-state index in [9.17, 15) is 4.79 Å². The number of amides is 1. The first kappa shape index (κ1) is 14.8. The first-order chi connectivity index (χ1) is 8.63. The Morgan fingerprint density at radius 1 is 1.39 bits per heavy atom. The minimum Gasteiger partial charge on any atom is -0.378 e. The second kappa shape index (κ2) is 7.96. The first-order valence-corrected chi connectivity index (χ1v) is 6.47. The van der Waals surface area contributed by atoms with E-state index in [-0.39, 0.29) is 5.91 Å². The largest absolute Gasteiger partial charge is 0.378 e. The van der Waals surface area contributed by atoms with E-state index in [1.807, 2.05) is 19.0 Å². The third-order valence-corrected chi connectivity index (χ3v) is 2.99. The highest BCUT2D eigenvalue weighted by molar-refractivity contribution is 7.17. The van der Waals surface area contributed by atoms with Gasteiger partial charge in [0, 0.05) is 20.1 Å². The lowest BCUT2D eigenvalue weighted by Gasteiger charge is -2.09. The molecule has 7 nitrogen and oxygen atoms in total. The molecular formula is C10H19N5O2S. The number of likely N-dealkylation sites (N-methyl/N-ethyl adjacent to an activating group) is 1. The highest BCUT2D eigenvalue weighted by Crippen LogP contribution is 2.13. The monoisotopic (exact) mass is 273 g/mol. The van der Waals surface area contributed by atoms with Crippen molar-refractivity contribution in [3.05, 3.63) is 5.01 Å². The minimum atomic E-state index is -0.217. The molecule has 0 radical (unpaired) electrons. The number of ether oxygens (including phenoxy) is 1. The van der Waals surface area contributed by atoms with Gasteiger partial charge in [-0.3, -0.25) is 4.79 Å². The van der Waals surface area contributed by atoms with Crippen molar-refractivity contribution in [3.63, 3.8) is 0 Å². The van der Waals surface area contributed by atoms with Gasteiger partial charge in [0.15, 0.2) is 0 Å². The van der Waals surface area contributed by atoms with Crippen molar-refractivity contribution in [3.8, 4) is 0 Å². The molecule has 1 heterocycles. The summed E-state index contributed by atoms with van der Waals surface area (Å²) in [7, 11) is 5.71. The first-order valence-electron chi connectivity index (χ1n) is 5.65. The molecule has 0 saturated heterocycles. The summed E-state index contributed by atoms with van der Waals surface area (Å²) < 4.78 is 5.36.